The zero-order valence-electron chi connectivity index (χ0n) is 6.05. The van der Waals surface area contributed by atoms with Gasteiger partial charge in [0.1, 0.15) is 13.2 Å². The standard InChI is InChI=1S/C5H5F7O/c6-3(7)4(8,9)1-13-2-5(10,11)12/h3H,1-2H2. The van der Waals surface area contributed by atoms with Crippen LogP contribution in [0.15, 0.2) is 0 Å². The van der Waals surface area contributed by atoms with Crippen LogP contribution < -0.4 is 0 Å². The van der Waals surface area contributed by atoms with E-state index in [0.717, 1.165) is 0 Å². The Morgan fingerprint density at radius 2 is 1.38 bits per heavy atom. The molecule has 0 amide bonds. The van der Waals surface area contributed by atoms with Crippen molar-refractivity contribution >= 4 is 0 Å². The Balaban J connectivity index is 3.77. The van der Waals surface area contributed by atoms with E-state index in [0.29, 0.717) is 0 Å². The fourth-order valence-electron chi connectivity index (χ4n) is 0.366. The topological polar surface area (TPSA) is 9.23 Å². The Hall–Kier alpha value is -0.530. The van der Waals surface area contributed by atoms with Crippen molar-refractivity contribution in [1.82, 2.24) is 0 Å². The van der Waals surface area contributed by atoms with E-state index in [1.807, 2.05) is 0 Å². The van der Waals surface area contributed by atoms with Crippen LogP contribution in [-0.4, -0.2) is 31.7 Å². The Morgan fingerprint density at radius 3 is 1.69 bits per heavy atom. The molecule has 0 rings (SSSR count). The summed E-state index contributed by atoms with van der Waals surface area (Å²) in [4.78, 5) is 0. The van der Waals surface area contributed by atoms with E-state index in [2.05, 4.69) is 4.74 Å². The maximum Gasteiger partial charge on any atom is 0.411 e. The largest absolute Gasteiger partial charge is 0.411 e. The minimum Gasteiger partial charge on any atom is -0.366 e. The number of ether oxygens (including phenoxy) is 1. The molecule has 0 saturated carbocycles. The third kappa shape index (κ3) is 5.67. The lowest BCUT2D eigenvalue weighted by molar-refractivity contribution is -0.212. The smallest absolute Gasteiger partial charge is 0.366 e. The van der Waals surface area contributed by atoms with Gasteiger partial charge in [-0.2, -0.15) is 22.0 Å². The number of hydrogen-bond acceptors (Lipinski definition) is 1. The molecule has 0 aromatic carbocycles. The first-order valence-corrected chi connectivity index (χ1v) is 2.95. The molecular formula is C5H5F7O. The third-order valence-corrected chi connectivity index (χ3v) is 0.879. The second-order valence-electron chi connectivity index (χ2n) is 2.17. The number of alkyl halides is 7. The molecule has 0 atom stereocenters. The van der Waals surface area contributed by atoms with Gasteiger partial charge in [-0.25, -0.2) is 8.78 Å². The molecule has 0 aromatic heterocycles. The molecule has 0 fully saturated rings. The molecule has 8 heteroatoms. The third-order valence-electron chi connectivity index (χ3n) is 0.879. The average molecular weight is 214 g/mol. The molecule has 13 heavy (non-hydrogen) atoms. The van der Waals surface area contributed by atoms with Crippen LogP contribution in [0.3, 0.4) is 0 Å². The van der Waals surface area contributed by atoms with Crippen molar-refractivity contribution < 1.29 is 35.5 Å². The van der Waals surface area contributed by atoms with Crippen molar-refractivity contribution in [2.24, 2.45) is 0 Å². The molecule has 0 spiro atoms. The summed E-state index contributed by atoms with van der Waals surface area (Å²) in [6.07, 6.45) is -8.82. The highest BCUT2D eigenvalue weighted by Crippen LogP contribution is 2.24. The van der Waals surface area contributed by atoms with E-state index in [-0.39, 0.29) is 0 Å². The van der Waals surface area contributed by atoms with Gasteiger partial charge in [0.25, 0.3) is 0 Å². The Bertz CT molecular complexity index is 151. The summed E-state index contributed by atoms with van der Waals surface area (Å²) < 4.78 is 83.6. The molecule has 0 unspecified atom stereocenters. The molecule has 0 aliphatic heterocycles. The summed E-state index contributed by atoms with van der Waals surface area (Å²) >= 11 is 0. The number of rotatable bonds is 4. The summed E-state index contributed by atoms with van der Waals surface area (Å²) in [6, 6.07) is 0. The summed E-state index contributed by atoms with van der Waals surface area (Å²) in [5.41, 5.74) is 0. The molecule has 0 aliphatic carbocycles. The van der Waals surface area contributed by atoms with Gasteiger partial charge in [0.15, 0.2) is 0 Å². The number of halogens is 7. The first kappa shape index (κ1) is 12.5. The second kappa shape index (κ2) is 4.12. The van der Waals surface area contributed by atoms with Crippen molar-refractivity contribution in [3.05, 3.63) is 0 Å². The van der Waals surface area contributed by atoms with Crippen molar-refractivity contribution in [2.45, 2.75) is 18.5 Å². The summed E-state index contributed by atoms with van der Waals surface area (Å²) in [7, 11) is 0. The van der Waals surface area contributed by atoms with Crippen LogP contribution in [-0.2, 0) is 4.74 Å². The highest BCUT2D eigenvalue weighted by molar-refractivity contribution is 4.68. The lowest BCUT2D eigenvalue weighted by Crippen LogP contribution is -2.34. The van der Waals surface area contributed by atoms with Crippen LogP contribution in [0, 0.1) is 0 Å². The van der Waals surface area contributed by atoms with Crippen LogP contribution >= 0.6 is 0 Å². The van der Waals surface area contributed by atoms with E-state index < -0.39 is 31.7 Å². The molecule has 0 heterocycles. The lowest BCUT2D eigenvalue weighted by Gasteiger charge is -2.15. The number of hydrogen-bond donors (Lipinski definition) is 0. The van der Waals surface area contributed by atoms with Gasteiger partial charge in [0.2, 0.25) is 0 Å². The van der Waals surface area contributed by atoms with E-state index in [4.69, 9.17) is 0 Å². The van der Waals surface area contributed by atoms with Gasteiger partial charge in [-0.1, -0.05) is 0 Å². The van der Waals surface area contributed by atoms with Gasteiger partial charge in [-0.05, 0) is 0 Å². The molecule has 0 aromatic rings. The SMILES string of the molecule is FC(F)C(F)(F)COCC(F)(F)F. The molecule has 0 saturated heterocycles. The molecule has 1 nitrogen and oxygen atoms in total. The van der Waals surface area contributed by atoms with Crippen LogP contribution in [0.2, 0.25) is 0 Å². The first-order chi connectivity index (χ1) is 5.65. The maximum absolute atomic E-state index is 11.9. The van der Waals surface area contributed by atoms with Crippen molar-refractivity contribution in [3.8, 4) is 0 Å². The molecule has 0 N–H and O–H groups in total. The molecule has 0 aliphatic rings. The zero-order valence-corrected chi connectivity index (χ0v) is 6.05. The molecule has 0 radical (unpaired) electrons. The summed E-state index contributed by atoms with van der Waals surface area (Å²) in [5, 5.41) is 0. The van der Waals surface area contributed by atoms with Gasteiger partial charge in [0.05, 0.1) is 0 Å². The fraction of sp³-hybridized carbons (Fsp3) is 1.00. The Labute approximate surface area is 68.5 Å². The van der Waals surface area contributed by atoms with Crippen molar-refractivity contribution in [1.29, 1.82) is 0 Å². The lowest BCUT2D eigenvalue weighted by atomic mass is 10.4. The fourth-order valence-corrected chi connectivity index (χ4v) is 0.366. The zero-order chi connectivity index (χ0) is 10.7. The van der Waals surface area contributed by atoms with E-state index in [9.17, 15) is 30.7 Å². The second-order valence-corrected chi connectivity index (χ2v) is 2.17. The quantitative estimate of drug-likeness (QED) is 0.653. The molecule has 0 bridgehead atoms. The van der Waals surface area contributed by atoms with E-state index >= 15 is 0 Å². The molecule has 80 valence electrons. The van der Waals surface area contributed by atoms with Gasteiger partial charge in [-0.3, -0.25) is 0 Å². The minimum absolute atomic E-state index is 1.94. The van der Waals surface area contributed by atoms with Gasteiger partial charge < -0.3 is 4.74 Å². The van der Waals surface area contributed by atoms with Gasteiger partial charge in [0, 0.05) is 0 Å². The first-order valence-electron chi connectivity index (χ1n) is 2.95. The monoisotopic (exact) mass is 214 g/mol. The van der Waals surface area contributed by atoms with Crippen molar-refractivity contribution in [3.63, 3.8) is 0 Å². The summed E-state index contributed by atoms with van der Waals surface area (Å²) in [5.74, 6) is -4.54. The van der Waals surface area contributed by atoms with E-state index in [1.54, 1.807) is 0 Å². The summed E-state index contributed by atoms with van der Waals surface area (Å²) in [6.45, 7) is -3.90. The van der Waals surface area contributed by atoms with E-state index in [1.165, 1.54) is 0 Å². The Morgan fingerprint density at radius 1 is 0.923 bits per heavy atom. The minimum atomic E-state index is -4.79. The molecular weight excluding hydrogens is 209 g/mol. The van der Waals surface area contributed by atoms with Crippen LogP contribution in [0.4, 0.5) is 30.7 Å². The van der Waals surface area contributed by atoms with Gasteiger partial charge >= 0.3 is 18.5 Å². The highest BCUT2D eigenvalue weighted by Gasteiger charge is 2.42. The average Bonchev–Trinajstić information content (AvgIpc) is 1.82. The predicted octanol–water partition coefficient (Wildman–Crippen LogP) is 2.47. The highest BCUT2D eigenvalue weighted by atomic mass is 19.4. The van der Waals surface area contributed by atoms with Crippen LogP contribution in [0.1, 0.15) is 0 Å². The Kier molecular flexibility index (Phi) is 3.95. The normalized spacial score (nSPS) is 13.8. The maximum atomic E-state index is 11.9. The van der Waals surface area contributed by atoms with Crippen LogP contribution in [0.5, 0.6) is 0 Å². The van der Waals surface area contributed by atoms with Crippen LogP contribution in [0.25, 0.3) is 0 Å². The predicted molar refractivity (Wildman–Crippen MR) is 27.8 cm³/mol. The van der Waals surface area contributed by atoms with Gasteiger partial charge in [-0.15, -0.1) is 0 Å². The van der Waals surface area contributed by atoms with Crippen molar-refractivity contribution in [2.75, 3.05) is 13.2 Å².